The summed E-state index contributed by atoms with van der Waals surface area (Å²) in [6.45, 7) is 4.52. The van der Waals surface area contributed by atoms with Crippen LogP contribution < -0.4 is 10.6 Å². The number of hydrogen-bond donors (Lipinski definition) is 2. The van der Waals surface area contributed by atoms with Crippen LogP contribution in [0.5, 0.6) is 0 Å². The smallest absolute Gasteiger partial charge is 0.0378 e. The van der Waals surface area contributed by atoms with Gasteiger partial charge >= 0.3 is 0 Å². The van der Waals surface area contributed by atoms with Gasteiger partial charge in [0.1, 0.15) is 0 Å². The van der Waals surface area contributed by atoms with Crippen molar-refractivity contribution in [2.24, 2.45) is 5.92 Å². The summed E-state index contributed by atoms with van der Waals surface area (Å²) in [5.41, 5.74) is 2.90. The van der Waals surface area contributed by atoms with Crippen molar-refractivity contribution in [1.82, 2.24) is 10.6 Å². The Hall–Kier alpha value is -0.920. The first-order valence-electron chi connectivity index (χ1n) is 5.79. The van der Waals surface area contributed by atoms with Gasteiger partial charge in [0.15, 0.2) is 0 Å². The first-order valence-corrected chi connectivity index (χ1v) is 5.79. The van der Waals surface area contributed by atoms with E-state index in [0.29, 0.717) is 5.92 Å². The Morgan fingerprint density at radius 3 is 2.07 bits per heavy atom. The summed E-state index contributed by atoms with van der Waals surface area (Å²) in [5.74, 6) is 0.616. The van der Waals surface area contributed by atoms with Crippen molar-refractivity contribution in [2.45, 2.75) is 32.6 Å². The lowest BCUT2D eigenvalue weighted by Gasteiger charge is -2.20. The molecular weight excluding hydrogens is 172 g/mol. The average molecular weight is 192 g/mol. The zero-order valence-electron chi connectivity index (χ0n) is 8.97. The van der Waals surface area contributed by atoms with Crippen LogP contribution in [0, 0.1) is 5.92 Å². The summed E-state index contributed by atoms with van der Waals surface area (Å²) in [6, 6.07) is 0. The topological polar surface area (TPSA) is 24.1 Å². The van der Waals surface area contributed by atoms with Gasteiger partial charge in [0.25, 0.3) is 0 Å². The van der Waals surface area contributed by atoms with Gasteiger partial charge in [-0.3, -0.25) is 0 Å². The second kappa shape index (κ2) is 4.54. The minimum atomic E-state index is 0.616. The predicted octanol–water partition coefficient (Wildman–Crippen LogP) is 2.16. The maximum atomic E-state index is 3.50. The van der Waals surface area contributed by atoms with Crippen LogP contribution in [0.3, 0.4) is 0 Å². The first kappa shape index (κ1) is 9.63. The third kappa shape index (κ3) is 1.94. The maximum absolute atomic E-state index is 3.50. The highest BCUT2D eigenvalue weighted by Crippen LogP contribution is 2.26. The standard InChI is InChI=1S/C12H20N2/c1-2-5-10(11-6-3-8-13-11)12-7-4-9-14-12/h6-7,10,13-14H,2-5,8-9H2,1H3. The van der Waals surface area contributed by atoms with Crippen LogP contribution in [0.25, 0.3) is 0 Å². The van der Waals surface area contributed by atoms with E-state index in [4.69, 9.17) is 0 Å². The molecule has 0 bridgehead atoms. The molecule has 2 N–H and O–H groups in total. The molecule has 2 aliphatic rings. The molecule has 0 atom stereocenters. The van der Waals surface area contributed by atoms with Crippen molar-refractivity contribution in [3.63, 3.8) is 0 Å². The fraction of sp³-hybridized carbons (Fsp3) is 0.667. The van der Waals surface area contributed by atoms with Gasteiger partial charge in [-0.2, -0.15) is 0 Å². The molecule has 0 radical (unpaired) electrons. The van der Waals surface area contributed by atoms with E-state index in [1.165, 1.54) is 37.1 Å². The van der Waals surface area contributed by atoms with Crippen molar-refractivity contribution in [3.8, 4) is 0 Å². The Bertz CT molecular complexity index is 229. The molecule has 0 spiro atoms. The Kier molecular flexibility index (Phi) is 3.12. The molecule has 78 valence electrons. The largest absolute Gasteiger partial charge is 0.388 e. The predicted molar refractivity (Wildman–Crippen MR) is 59.8 cm³/mol. The molecule has 0 fully saturated rings. The zero-order valence-corrected chi connectivity index (χ0v) is 8.97. The second-order valence-corrected chi connectivity index (χ2v) is 4.09. The summed E-state index contributed by atoms with van der Waals surface area (Å²) >= 11 is 0. The average Bonchev–Trinajstić information content (AvgIpc) is 2.87. The van der Waals surface area contributed by atoms with E-state index < -0.39 is 0 Å². The molecule has 0 unspecified atom stereocenters. The van der Waals surface area contributed by atoms with E-state index in [0.717, 1.165) is 13.1 Å². The number of hydrogen-bond acceptors (Lipinski definition) is 2. The van der Waals surface area contributed by atoms with Gasteiger partial charge in [0.05, 0.1) is 0 Å². The zero-order chi connectivity index (χ0) is 9.80. The van der Waals surface area contributed by atoms with Gasteiger partial charge in [0, 0.05) is 30.4 Å². The van der Waals surface area contributed by atoms with Crippen LogP contribution in [-0.4, -0.2) is 13.1 Å². The lowest BCUT2D eigenvalue weighted by atomic mass is 9.96. The fourth-order valence-electron chi connectivity index (χ4n) is 2.33. The Morgan fingerprint density at radius 1 is 1.14 bits per heavy atom. The highest BCUT2D eigenvalue weighted by molar-refractivity contribution is 5.23. The molecule has 0 saturated heterocycles. The molecule has 0 aliphatic carbocycles. The van der Waals surface area contributed by atoms with E-state index in [1.54, 1.807) is 0 Å². The molecule has 14 heavy (non-hydrogen) atoms. The molecule has 0 saturated carbocycles. The van der Waals surface area contributed by atoms with Gasteiger partial charge in [-0.15, -0.1) is 0 Å². The first-order chi connectivity index (χ1) is 6.92. The fourth-order valence-corrected chi connectivity index (χ4v) is 2.33. The molecule has 0 aromatic carbocycles. The summed E-state index contributed by atoms with van der Waals surface area (Å²) in [4.78, 5) is 0. The summed E-state index contributed by atoms with van der Waals surface area (Å²) < 4.78 is 0. The molecule has 0 aromatic rings. The third-order valence-corrected chi connectivity index (χ3v) is 3.00. The van der Waals surface area contributed by atoms with Crippen LogP contribution in [-0.2, 0) is 0 Å². The quantitative estimate of drug-likeness (QED) is 0.713. The monoisotopic (exact) mass is 192 g/mol. The SMILES string of the molecule is CCCC(C1=CCCN1)C1=CCCN1. The minimum absolute atomic E-state index is 0.616. The van der Waals surface area contributed by atoms with Crippen LogP contribution in [0.1, 0.15) is 32.6 Å². The Morgan fingerprint density at radius 2 is 1.71 bits per heavy atom. The van der Waals surface area contributed by atoms with Crippen LogP contribution >= 0.6 is 0 Å². The lowest BCUT2D eigenvalue weighted by molar-refractivity contribution is 0.565. The minimum Gasteiger partial charge on any atom is -0.388 e. The van der Waals surface area contributed by atoms with E-state index in [1.807, 2.05) is 0 Å². The highest BCUT2D eigenvalue weighted by Gasteiger charge is 2.21. The van der Waals surface area contributed by atoms with Crippen molar-refractivity contribution in [2.75, 3.05) is 13.1 Å². The van der Waals surface area contributed by atoms with Gasteiger partial charge in [0.2, 0.25) is 0 Å². The molecule has 0 amide bonds. The molecule has 2 nitrogen and oxygen atoms in total. The van der Waals surface area contributed by atoms with Gasteiger partial charge in [-0.05, 0) is 19.3 Å². The van der Waals surface area contributed by atoms with E-state index in [-0.39, 0.29) is 0 Å². The van der Waals surface area contributed by atoms with Crippen molar-refractivity contribution < 1.29 is 0 Å². The Labute approximate surface area is 86.5 Å². The molecule has 2 rings (SSSR count). The second-order valence-electron chi connectivity index (χ2n) is 4.09. The number of nitrogens with one attached hydrogen (secondary N) is 2. The molecule has 2 heterocycles. The Balaban J connectivity index is 2.06. The summed E-state index contributed by atoms with van der Waals surface area (Å²) in [7, 11) is 0. The van der Waals surface area contributed by atoms with E-state index in [9.17, 15) is 0 Å². The lowest BCUT2D eigenvalue weighted by Crippen LogP contribution is -2.23. The molecule has 0 aromatic heterocycles. The van der Waals surface area contributed by atoms with Gasteiger partial charge < -0.3 is 10.6 Å². The summed E-state index contributed by atoms with van der Waals surface area (Å²) in [5, 5.41) is 7.00. The summed E-state index contributed by atoms with van der Waals surface area (Å²) in [6.07, 6.45) is 9.63. The van der Waals surface area contributed by atoms with E-state index >= 15 is 0 Å². The maximum Gasteiger partial charge on any atom is 0.0378 e. The van der Waals surface area contributed by atoms with Gasteiger partial charge in [-0.25, -0.2) is 0 Å². The van der Waals surface area contributed by atoms with Crippen molar-refractivity contribution in [1.29, 1.82) is 0 Å². The molecular formula is C12H20N2. The third-order valence-electron chi connectivity index (χ3n) is 3.00. The van der Waals surface area contributed by atoms with Crippen LogP contribution in [0.2, 0.25) is 0 Å². The number of rotatable bonds is 4. The molecule has 2 aliphatic heterocycles. The highest BCUT2D eigenvalue weighted by atomic mass is 15.0. The van der Waals surface area contributed by atoms with Crippen molar-refractivity contribution >= 4 is 0 Å². The van der Waals surface area contributed by atoms with E-state index in [2.05, 4.69) is 29.7 Å². The van der Waals surface area contributed by atoms with Gasteiger partial charge in [-0.1, -0.05) is 25.5 Å². The normalized spacial score (nSPS) is 20.4. The molecule has 2 heteroatoms. The van der Waals surface area contributed by atoms with Crippen LogP contribution in [0.15, 0.2) is 23.5 Å². The van der Waals surface area contributed by atoms with Crippen molar-refractivity contribution in [3.05, 3.63) is 23.5 Å². The van der Waals surface area contributed by atoms with Crippen LogP contribution in [0.4, 0.5) is 0 Å².